The zero-order valence-electron chi connectivity index (χ0n) is 18.1. The van der Waals surface area contributed by atoms with Crippen LogP contribution in [0.5, 0.6) is 11.6 Å². The standard InChI is InChI=1S/C25H30N4O/c1-4-20-8-9-22(19-24(20)29-17-15-27(2)16-18-29)28(3)21-10-12-23(13-11-21)30-25-7-5-6-14-26-25/h5-14,19H,4,15-18H2,1-3H3. The van der Waals surface area contributed by atoms with E-state index in [2.05, 4.69) is 71.0 Å². The lowest BCUT2D eigenvalue weighted by atomic mass is 10.1. The summed E-state index contributed by atoms with van der Waals surface area (Å²) < 4.78 is 5.82. The average Bonchev–Trinajstić information content (AvgIpc) is 2.80. The average molecular weight is 403 g/mol. The van der Waals surface area contributed by atoms with Gasteiger partial charge >= 0.3 is 0 Å². The molecule has 30 heavy (non-hydrogen) atoms. The molecular formula is C25H30N4O. The first-order valence-corrected chi connectivity index (χ1v) is 10.6. The molecule has 4 rings (SSSR count). The Labute approximate surface area is 179 Å². The second-order valence-corrected chi connectivity index (χ2v) is 7.78. The molecule has 1 saturated heterocycles. The van der Waals surface area contributed by atoms with Gasteiger partial charge in [-0.1, -0.05) is 19.1 Å². The molecule has 1 aromatic heterocycles. The Morgan fingerprint density at radius 3 is 2.33 bits per heavy atom. The summed E-state index contributed by atoms with van der Waals surface area (Å²) in [7, 11) is 4.31. The van der Waals surface area contributed by atoms with Crippen LogP contribution in [0, 0.1) is 0 Å². The van der Waals surface area contributed by atoms with Gasteiger partial charge in [0.05, 0.1) is 0 Å². The van der Waals surface area contributed by atoms with Crippen molar-refractivity contribution in [1.82, 2.24) is 9.88 Å². The number of rotatable bonds is 6. The van der Waals surface area contributed by atoms with Gasteiger partial charge in [-0.2, -0.15) is 0 Å². The monoisotopic (exact) mass is 402 g/mol. The Morgan fingerprint density at radius 1 is 0.933 bits per heavy atom. The van der Waals surface area contributed by atoms with Crippen molar-refractivity contribution < 1.29 is 4.74 Å². The Hall–Kier alpha value is -3.05. The van der Waals surface area contributed by atoms with E-state index in [-0.39, 0.29) is 0 Å². The largest absolute Gasteiger partial charge is 0.439 e. The summed E-state index contributed by atoms with van der Waals surface area (Å²) in [4.78, 5) is 11.4. The predicted molar refractivity (Wildman–Crippen MR) is 124 cm³/mol. The fraction of sp³-hybridized carbons (Fsp3) is 0.320. The number of piperazine rings is 1. The van der Waals surface area contributed by atoms with Crippen molar-refractivity contribution in [2.24, 2.45) is 0 Å². The van der Waals surface area contributed by atoms with Gasteiger partial charge in [0.2, 0.25) is 5.88 Å². The van der Waals surface area contributed by atoms with Crippen molar-refractivity contribution in [2.75, 3.05) is 50.1 Å². The van der Waals surface area contributed by atoms with Gasteiger partial charge in [0, 0.05) is 62.6 Å². The molecule has 0 N–H and O–H groups in total. The molecule has 5 heteroatoms. The topological polar surface area (TPSA) is 31.8 Å². The quantitative estimate of drug-likeness (QED) is 0.582. The molecule has 0 aliphatic carbocycles. The van der Waals surface area contributed by atoms with Crippen molar-refractivity contribution >= 4 is 17.1 Å². The molecule has 1 aliphatic rings. The Morgan fingerprint density at radius 2 is 1.67 bits per heavy atom. The molecule has 5 nitrogen and oxygen atoms in total. The van der Waals surface area contributed by atoms with Gasteiger partial charge in [0.25, 0.3) is 0 Å². The van der Waals surface area contributed by atoms with Crippen LogP contribution < -0.4 is 14.5 Å². The Bertz CT molecular complexity index is 951. The molecule has 0 amide bonds. The number of aromatic nitrogens is 1. The summed E-state index contributed by atoms with van der Waals surface area (Å²) in [5.74, 6) is 1.39. The Balaban J connectivity index is 1.52. The van der Waals surface area contributed by atoms with Gasteiger partial charge in [-0.3, -0.25) is 0 Å². The van der Waals surface area contributed by atoms with E-state index in [9.17, 15) is 0 Å². The number of ether oxygens (including phenoxy) is 1. The van der Waals surface area contributed by atoms with Crippen molar-refractivity contribution in [2.45, 2.75) is 13.3 Å². The highest BCUT2D eigenvalue weighted by molar-refractivity contribution is 5.70. The second kappa shape index (κ2) is 9.18. The van der Waals surface area contributed by atoms with Gasteiger partial charge in [0.15, 0.2) is 0 Å². The number of benzene rings is 2. The fourth-order valence-electron chi connectivity index (χ4n) is 3.82. The van der Waals surface area contributed by atoms with Crippen molar-refractivity contribution in [3.63, 3.8) is 0 Å². The van der Waals surface area contributed by atoms with Crippen LogP contribution in [0.1, 0.15) is 12.5 Å². The molecule has 0 atom stereocenters. The molecule has 156 valence electrons. The second-order valence-electron chi connectivity index (χ2n) is 7.78. The normalized spacial score (nSPS) is 14.6. The van der Waals surface area contributed by atoms with Gasteiger partial charge in [0.1, 0.15) is 5.75 Å². The van der Waals surface area contributed by atoms with Crippen LogP contribution in [-0.2, 0) is 6.42 Å². The molecule has 1 fully saturated rings. The molecular weight excluding hydrogens is 372 g/mol. The van der Waals surface area contributed by atoms with Crippen LogP contribution in [0.3, 0.4) is 0 Å². The summed E-state index contributed by atoms with van der Waals surface area (Å²) in [6.45, 7) is 6.62. The van der Waals surface area contributed by atoms with Crippen molar-refractivity contribution in [1.29, 1.82) is 0 Å². The molecule has 0 radical (unpaired) electrons. The lowest BCUT2D eigenvalue weighted by Gasteiger charge is -2.36. The van der Waals surface area contributed by atoms with Gasteiger partial charge < -0.3 is 19.4 Å². The van der Waals surface area contributed by atoms with Crippen LogP contribution in [0.25, 0.3) is 0 Å². The number of aryl methyl sites for hydroxylation is 1. The van der Waals surface area contributed by atoms with E-state index in [1.54, 1.807) is 6.20 Å². The van der Waals surface area contributed by atoms with E-state index in [0.29, 0.717) is 5.88 Å². The lowest BCUT2D eigenvalue weighted by molar-refractivity contribution is 0.312. The molecule has 0 spiro atoms. The number of nitrogens with zero attached hydrogens (tertiary/aromatic N) is 4. The highest BCUT2D eigenvalue weighted by atomic mass is 16.5. The van der Waals surface area contributed by atoms with Crippen LogP contribution >= 0.6 is 0 Å². The maximum absolute atomic E-state index is 5.82. The van der Waals surface area contributed by atoms with E-state index in [0.717, 1.165) is 44.0 Å². The van der Waals surface area contributed by atoms with Crippen molar-refractivity contribution in [3.05, 3.63) is 72.4 Å². The Kier molecular flexibility index (Phi) is 6.19. The molecule has 1 aliphatic heterocycles. The lowest BCUT2D eigenvalue weighted by Crippen LogP contribution is -2.44. The van der Waals surface area contributed by atoms with E-state index in [1.165, 1.54) is 16.9 Å². The molecule has 3 aromatic rings. The SMILES string of the molecule is CCc1ccc(N(C)c2ccc(Oc3ccccn3)cc2)cc1N1CCN(C)CC1. The summed E-state index contributed by atoms with van der Waals surface area (Å²) in [5.41, 5.74) is 5.09. The predicted octanol–water partition coefficient (Wildman–Crippen LogP) is 4.96. The van der Waals surface area contributed by atoms with E-state index < -0.39 is 0 Å². The minimum absolute atomic E-state index is 0.602. The highest BCUT2D eigenvalue weighted by Crippen LogP contribution is 2.32. The van der Waals surface area contributed by atoms with Gasteiger partial charge in [-0.25, -0.2) is 4.98 Å². The van der Waals surface area contributed by atoms with Crippen LogP contribution in [0.2, 0.25) is 0 Å². The third-order valence-corrected chi connectivity index (χ3v) is 5.77. The number of hydrogen-bond acceptors (Lipinski definition) is 5. The summed E-state index contributed by atoms with van der Waals surface area (Å²) in [6.07, 6.45) is 2.78. The first kappa shape index (κ1) is 20.2. The van der Waals surface area contributed by atoms with Crippen LogP contribution in [0.4, 0.5) is 17.1 Å². The van der Waals surface area contributed by atoms with Gasteiger partial charge in [-0.05, 0) is 61.5 Å². The van der Waals surface area contributed by atoms with Gasteiger partial charge in [-0.15, -0.1) is 0 Å². The molecule has 2 aromatic carbocycles. The summed E-state index contributed by atoms with van der Waals surface area (Å²) in [6, 6.07) is 20.6. The summed E-state index contributed by atoms with van der Waals surface area (Å²) >= 11 is 0. The third-order valence-electron chi connectivity index (χ3n) is 5.77. The number of anilines is 3. The highest BCUT2D eigenvalue weighted by Gasteiger charge is 2.18. The van der Waals surface area contributed by atoms with Crippen molar-refractivity contribution in [3.8, 4) is 11.6 Å². The zero-order valence-corrected chi connectivity index (χ0v) is 18.1. The van der Waals surface area contributed by atoms with E-state index in [1.807, 2.05) is 30.3 Å². The first-order chi connectivity index (χ1) is 14.6. The number of pyridine rings is 1. The first-order valence-electron chi connectivity index (χ1n) is 10.6. The number of likely N-dealkylation sites (N-methyl/N-ethyl adjacent to an activating group) is 1. The molecule has 0 saturated carbocycles. The molecule has 0 bridgehead atoms. The van der Waals surface area contributed by atoms with Crippen LogP contribution in [0.15, 0.2) is 66.9 Å². The fourth-order valence-corrected chi connectivity index (χ4v) is 3.82. The molecule has 0 unspecified atom stereocenters. The van der Waals surface area contributed by atoms with E-state index >= 15 is 0 Å². The maximum Gasteiger partial charge on any atom is 0.219 e. The summed E-state index contributed by atoms with van der Waals surface area (Å²) in [5, 5.41) is 0. The minimum atomic E-state index is 0.602. The number of hydrogen-bond donors (Lipinski definition) is 0. The van der Waals surface area contributed by atoms with Crippen LogP contribution in [-0.4, -0.2) is 50.2 Å². The molecule has 2 heterocycles. The smallest absolute Gasteiger partial charge is 0.219 e. The maximum atomic E-state index is 5.82. The van der Waals surface area contributed by atoms with E-state index in [4.69, 9.17) is 4.74 Å². The third kappa shape index (κ3) is 4.57. The minimum Gasteiger partial charge on any atom is -0.439 e. The zero-order chi connectivity index (χ0) is 20.9.